The second-order valence-electron chi connectivity index (χ2n) is 5.25. The summed E-state index contributed by atoms with van der Waals surface area (Å²) in [7, 11) is 0. The minimum absolute atomic E-state index is 0.969. The molecular formula is C19H14N2. The maximum atomic E-state index is 4.86. The first-order valence-electron chi connectivity index (χ1n) is 7.03. The third-order valence-corrected chi connectivity index (χ3v) is 3.71. The molecule has 0 amide bonds. The van der Waals surface area contributed by atoms with Crippen LogP contribution >= 0.6 is 0 Å². The number of benzene rings is 2. The molecule has 0 saturated carbocycles. The summed E-state index contributed by atoms with van der Waals surface area (Å²) in [5, 5.41) is 0. The largest absolute Gasteiger partial charge is 0.255 e. The number of hydrogen-bond acceptors (Lipinski definition) is 2. The fourth-order valence-electron chi connectivity index (χ4n) is 2.76. The van der Waals surface area contributed by atoms with E-state index in [4.69, 9.17) is 4.99 Å². The fourth-order valence-corrected chi connectivity index (χ4v) is 2.76. The molecule has 0 fully saturated rings. The van der Waals surface area contributed by atoms with E-state index >= 15 is 0 Å². The summed E-state index contributed by atoms with van der Waals surface area (Å²) >= 11 is 0. The molecule has 1 aromatic heterocycles. The van der Waals surface area contributed by atoms with Gasteiger partial charge in [0, 0.05) is 22.9 Å². The number of nitrogens with zero attached hydrogens (tertiary/aromatic N) is 2. The number of fused-ring (bicyclic) bond motifs is 3. The van der Waals surface area contributed by atoms with Crippen LogP contribution in [0.25, 0.3) is 11.3 Å². The van der Waals surface area contributed by atoms with Gasteiger partial charge in [0.2, 0.25) is 0 Å². The average molecular weight is 270 g/mol. The van der Waals surface area contributed by atoms with Crippen molar-refractivity contribution < 1.29 is 0 Å². The van der Waals surface area contributed by atoms with Crippen LogP contribution in [0.15, 0.2) is 71.9 Å². The van der Waals surface area contributed by atoms with E-state index in [1.807, 2.05) is 36.5 Å². The maximum absolute atomic E-state index is 4.86. The Morgan fingerprint density at radius 1 is 0.810 bits per heavy atom. The van der Waals surface area contributed by atoms with Crippen molar-refractivity contribution in [2.24, 2.45) is 4.99 Å². The number of pyridine rings is 1. The van der Waals surface area contributed by atoms with Crippen LogP contribution in [0.4, 0.5) is 5.69 Å². The predicted molar refractivity (Wildman–Crippen MR) is 86.2 cm³/mol. The molecule has 3 aromatic rings. The Morgan fingerprint density at radius 2 is 1.52 bits per heavy atom. The van der Waals surface area contributed by atoms with Gasteiger partial charge in [-0.2, -0.15) is 0 Å². The molecule has 1 aliphatic carbocycles. The highest BCUT2D eigenvalue weighted by molar-refractivity contribution is 6.24. The van der Waals surface area contributed by atoms with E-state index in [1.54, 1.807) is 0 Å². The number of aryl methyl sites for hydroxylation is 1. The van der Waals surface area contributed by atoms with Crippen LogP contribution in [0.5, 0.6) is 0 Å². The van der Waals surface area contributed by atoms with Crippen molar-refractivity contribution in [2.75, 3.05) is 0 Å². The highest BCUT2D eigenvalue weighted by Gasteiger charge is 2.25. The zero-order chi connectivity index (χ0) is 14.2. The summed E-state index contributed by atoms with van der Waals surface area (Å²) in [6.07, 6.45) is 1.92. The summed E-state index contributed by atoms with van der Waals surface area (Å²) in [6.45, 7) is 2.07. The first kappa shape index (κ1) is 12.0. The molecular weight excluding hydrogens is 256 g/mol. The molecule has 0 bridgehead atoms. The monoisotopic (exact) mass is 270 g/mol. The number of hydrogen-bond donors (Lipinski definition) is 0. The molecule has 4 rings (SSSR count). The minimum atomic E-state index is 0.969. The summed E-state index contributed by atoms with van der Waals surface area (Å²) in [5.41, 5.74) is 7.63. The molecule has 2 nitrogen and oxygen atoms in total. The van der Waals surface area contributed by atoms with Gasteiger partial charge in [-0.05, 0) is 30.7 Å². The molecule has 100 valence electrons. The van der Waals surface area contributed by atoms with Gasteiger partial charge in [-0.15, -0.1) is 0 Å². The molecule has 0 aliphatic heterocycles. The van der Waals surface area contributed by atoms with Gasteiger partial charge in [0.25, 0.3) is 0 Å². The standard InChI is InChI=1S/C19H14N2/c1-13-11-17-18(20-12-13)15-9-5-6-10-16(15)19(17)21-14-7-3-2-4-8-14/h2-12H,1H3. The molecule has 1 heterocycles. The molecule has 0 atom stereocenters. The highest BCUT2D eigenvalue weighted by Crippen LogP contribution is 2.36. The average Bonchev–Trinajstić information content (AvgIpc) is 2.82. The molecule has 21 heavy (non-hydrogen) atoms. The molecule has 0 radical (unpaired) electrons. The molecule has 0 saturated heterocycles. The van der Waals surface area contributed by atoms with Crippen LogP contribution in [0.3, 0.4) is 0 Å². The van der Waals surface area contributed by atoms with Gasteiger partial charge < -0.3 is 0 Å². The number of para-hydroxylation sites is 1. The SMILES string of the molecule is Cc1cnc2c(c1)C(=Nc1ccccc1)c1ccccc1-2. The first-order valence-corrected chi connectivity index (χ1v) is 7.03. The zero-order valence-electron chi connectivity index (χ0n) is 11.7. The lowest BCUT2D eigenvalue weighted by Gasteiger charge is -2.02. The lowest BCUT2D eigenvalue weighted by Crippen LogP contribution is -1.98. The van der Waals surface area contributed by atoms with Crippen molar-refractivity contribution in [3.8, 4) is 11.3 Å². The quantitative estimate of drug-likeness (QED) is 0.498. The van der Waals surface area contributed by atoms with E-state index in [2.05, 4.69) is 42.2 Å². The van der Waals surface area contributed by atoms with E-state index in [-0.39, 0.29) is 0 Å². The Hall–Kier alpha value is -2.74. The van der Waals surface area contributed by atoms with Crippen molar-refractivity contribution in [3.05, 3.63) is 83.6 Å². The minimum Gasteiger partial charge on any atom is -0.255 e. The van der Waals surface area contributed by atoms with E-state index in [9.17, 15) is 0 Å². The Balaban J connectivity index is 1.99. The lowest BCUT2D eigenvalue weighted by molar-refractivity contribution is 1.27. The van der Waals surface area contributed by atoms with Crippen LogP contribution in [-0.2, 0) is 0 Å². The highest BCUT2D eigenvalue weighted by atomic mass is 14.8. The Labute approximate surface area is 123 Å². The Morgan fingerprint density at radius 3 is 2.33 bits per heavy atom. The van der Waals surface area contributed by atoms with Crippen molar-refractivity contribution >= 4 is 11.4 Å². The predicted octanol–water partition coefficient (Wildman–Crippen LogP) is 4.54. The smallest absolute Gasteiger partial charge is 0.0810 e. The van der Waals surface area contributed by atoms with Crippen molar-refractivity contribution in [1.82, 2.24) is 4.98 Å². The van der Waals surface area contributed by atoms with Crippen LogP contribution in [-0.4, -0.2) is 10.7 Å². The summed E-state index contributed by atoms with van der Waals surface area (Å²) in [6, 6.07) is 20.6. The van der Waals surface area contributed by atoms with E-state index < -0.39 is 0 Å². The van der Waals surface area contributed by atoms with E-state index in [1.165, 1.54) is 5.56 Å². The molecule has 2 heteroatoms. The molecule has 1 aliphatic rings. The Kier molecular flexibility index (Phi) is 2.68. The third-order valence-electron chi connectivity index (χ3n) is 3.71. The molecule has 0 N–H and O–H groups in total. The van der Waals surface area contributed by atoms with Crippen LogP contribution < -0.4 is 0 Å². The van der Waals surface area contributed by atoms with Crippen molar-refractivity contribution in [3.63, 3.8) is 0 Å². The van der Waals surface area contributed by atoms with Gasteiger partial charge in [0.15, 0.2) is 0 Å². The number of aliphatic imine (C=N–C) groups is 1. The van der Waals surface area contributed by atoms with Crippen LogP contribution in [0.1, 0.15) is 16.7 Å². The number of aromatic nitrogens is 1. The molecule has 0 unspecified atom stereocenters. The zero-order valence-corrected chi connectivity index (χ0v) is 11.7. The second kappa shape index (κ2) is 4.67. The van der Waals surface area contributed by atoms with Gasteiger partial charge in [0.05, 0.1) is 17.1 Å². The summed E-state index contributed by atoms with van der Waals surface area (Å²) in [4.78, 5) is 9.47. The van der Waals surface area contributed by atoms with Gasteiger partial charge in [0.1, 0.15) is 0 Å². The van der Waals surface area contributed by atoms with E-state index in [0.717, 1.165) is 33.8 Å². The van der Waals surface area contributed by atoms with Crippen LogP contribution in [0, 0.1) is 6.92 Å². The first-order chi connectivity index (χ1) is 10.3. The second-order valence-corrected chi connectivity index (χ2v) is 5.25. The summed E-state index contributed by atoms with van der Waals surface area (Å²) in [5.74, 6) is 0. The normalized spacial score (nSPS) is 14.0. The Bertz CT molecular complexity index is 848. The van der Waals surface area contributed by atoms with Gasteiger partial charge in [-0.3, -0.25) is 4.98 Å². The topological polar surface area (TPSA) is 25.2 Å². The molecule has 0 spiro atoms. The van der Waals surface area contributed by atoms with E-state index in [0.29, 0.717) is 0 Å². The van der Waals surface area contributed by atoms with Gasteiger partial charge >= 0.3 is 0 Å². The third kappa shape index (κ3) is 1.96. The van der Waals surface area contributed by atoms with Crippen molar-refractivity contribution in [2.45, 2.75) is 6.92 Å². The van der Waals surface area contributed by atoms with Crippen molar-refractivity contribution in [1.29, 1.82) is 0 Å². The number of rotatable bonds is 1. The van der Waals surface area contributed by atoms with Crippen LogP contribution in [0.2, 0.25) is 0 Å². The lowest BCUT2D eigenvalue weighted by atomic mass is 10.1. The summed E-state index contributed by atoms with van der Waals surface area (Å²) < 4.78 is 0. The maximum Gasteiger partial charge on any atom is 0.0810 e. The van der Waals surface area contributed by atoms with Gasteiger partial charge in [-0.25, -0.2) is 4.99 Å². The van der Waals surface area contributed by atoms with Gasteiger partial charge in [-0.1, -0.05) is 42.5 Å². The fraction of sp³-hybridized carbons (Fsp3) is 0.0526. The molecule has 2 aromatic carbocycles.